The monoisotopic (exact) mass is 277 g/mol. The van der Waals surface area contributed by atoms with Crippen LogP contribution < -0.4 is 0 Å². The number of rotatable bonds is 3. The first-order chi connectivity index (χ1) is 9.13. The van der Waals surface area contributed by atoms with E-state index in [0.29, 0.717) is 6.42 Å². The highest BCUT2D eigenvalue weighted by Gasteiger charge is 2.15. The fraction of sp³-hybridized carbons (Fsp3) is 0.231. The predicted octanol–water partition coefficient (Wildman–Crippen LogP) is 2.45. The molecule has 3 rings (SSSR count). The molecule has 6 heteroatoms. The Balaban J connectivity index is 1.89. The number of thiophene rings is 1. The number of halogens is 1. The average molecular weight is 277 g/mol. The van der Waals surface area contributed by atoms with Crippen LogP contribution in [0.15, 0.2) is 30.6 Å². The van der Waals surface area contributed by atoms with E-state index in [4.69, 9.17) is 0 Å². The van der Waals surface area contributed by atoms with Gasteiger partial charge in [-0.1, -0.05) is 6.07 Å². The zero-order chi connectivity index (χ0) is 13.4. The number of hydrogen-bond acceptors (Lipinski definition) is 4. The zero-order valence-electron chi connectivity index (χ0n) is 10.2. The Labute approximate surface area is 113 Å². The van der Waals surface area contributed by atoms with Crippen molar-refractivity contribution in [2.75, 3.05) is 0 Å². The maximum Gasteiger partial charge on any atom is 0.138 e. The van der Waals surface area contributed by atoms with E-state index >= 15 is 0 Å². The molecule has 2 heterocycles. The van der Waals surface area contributed by atoms with Crippen LogP contribution in [0.4, 0.5) is 4.39 Å². The number of hydrogen-bond donors (Lipinski definition) is 1. The van der Waals surface area contributed by atoms with E-state index in [1.165, 1.54) is 29.8 Å². The van der Waals surface area contributed by atoms with Crippen LogP contribution in [0.5, 0.6) is 0 Å². The number of aliphatic hydroxyl groups is 1. The molecule has 0 saturated carbocycles. The van der Waals surface area contributed by atoms with Crippen molar-refractivity contribution in [3.63, 3.8) is 0 Å². The van der Waals surface area contributed by atoms with Crippen LogP contribution in [0.25, 0.3) is 10.1 Å². The van der Waals surface area contributed by atoms with Gasteiger partial charge in [0.15, 0.2) is 0 Å². The number of aromatic nitrogens is 3. The number of benzene rings is 1. The molecule has 0 aliphatic heterocycles. The molecule has 2 aromatic heterocycles. The van der Waals surface area contributed by atoms with Crippen molar-refractivity contribution in [2.24, 2.45) is 7.05 Å². The molecule has 0 spiro atoms. The van der Waals surface area contributed by atoms with Gasteiger partial charge in [-0.05, 0) is 23.6 Å². The molecule has 0 aliphatic carbocycles. The quantitative estimate of drug-likeness (QED) is 0.800. The number of aliphatic hydroxyl groups excluding tert-OH is 1. The van der Waals surface area contributed by atoms with E-state index in [0.717, 1.165) is 20.8 Å². The third-order valence-corrected chi connectivity index (χ3v) is 4.21. The third-order valence-electron chi connectivity index (χ3n) is 3.01. The smallest absolute Gasteiger partial charge is 0.138 e. The summed E-state index contributed by atoms with van der Waals surface area (Å²) >= 11 is 1.40. The first-order valence-corrected chi connectivity index (χ1v) is 6.65. The molecular weight excluding hydrogens is 265 g/mol. The highest BCUT2D eigenvalue weighted by atomic mass is 32.1. The fourth-order valence-corrected chi connectivity index (χ4v) is 3.04. The Hall–Kier alpha value is -1.79. The van der Waals surface area contributed by atoms with Crippen molar-refractivity contribution < 1.29 is 9.50 Å². The van der Waals surface area contributed by atoms with Crippen molar-refractivity contribution in [3.8, 4) is 0 Å². The zero-order valence-corrected chi connectivity index (χ0v) is 11.1. The lowest BCUT2D eigenvalue weighted by Gasteiger charge is -2.06. The Kier molecular flexibility index (Phi) is 3.04. The summed E-state index contributed by atoms with van der Waals surface area (Å²) in [5.41, 5.74) is 0. The van der Waals surface area contributed by atoms with Crippen LogP contribution in [0.2, 0.25) is 0 Å². The number of nitrogens with zero attached hydrogens (tertiary/aromatic N) is 3. The first-order valence-electron chi connectivity index (χ1n) is 5.83. The van der Waals surface area contributed by atoms with Crippen molar-refractivity contribution in [1.82, 2.24) is 14.8 Å². The summed E-state index contributed by atoms with van der Waals surface area (Å²) < 4.78 is 15.6. The van der Waals surface area contributed by atoms with Crippen molar-refractivity contribution in [1.29, 1.82) is 0 Å². The van der Waals surface area contributed by atoms with Crippen molar-refractivity contribution in [3.05, 3.63) is 47.1 Å². The summed E-state index contributed by atoms with van der Waals surface area (Å²) in [6.07, 6.45) is 1.21. The molecule has 0 saturated heterocycles. The second-order valence-electron chi connectivity index (χ2n) is 4.35. The number of fused-ring (bicyclic) bond motifs is 1. The number of aryl methyl sites for hydroxylation is 1. The van der Waals surface area contributed by atoms with Gasteiger partial charge in [0, 0.05) is 23.0 Å². The molecule has 0 amide bonds. The van der Waals surface area contributed by atoms with Gasteiger partial charge in [-0.3, -0.25) is 4.68 Å². The lowest BCUT2D eigenvalue weighted by atomic mass is 10.2. The molecule has 0 fully saturated rings. The highest BCUT2D eigenvalue weighted by molar-refractivity contribution is 7.19. The third kappa shape index (κ3) is 2.36. The maximum atomic E-state index is 13.1. The van der Waals surface area contributed by atoms with Crippen molar-refractivity contribution in [2.45, 2.75) is 12.5 Å². The standard InChI is InChI=1S/C13H12FN3OS/c1-17-13(15-7-16-17)6-10(18)12-4-8-2-3-9(14)5-11(8)19-12/h2-5,7,10,18H,6H2,1H3. The minimum atomic E-state index is -0.650. The minimum Gasteiger partial charge on any atom is -0.387 e. The second kappa shape index (κ2) is 4.71. The summed E-state index contributed by atoms with van der Waals surface area (Å²) in [5.74, 6) is 0.458. The Bertz CT molecular complexity index is 722. The molecule has 19 heavy (non-hydrogen) atoms. The molecule has 0 bridgehead atoms. The van der Waals surface area contributed by atoms with Gasteiger partial charge in [0.05, 0.1) is 6.10 Å². The molecule has 1 unspecified atom stereocenters. The highest BCUT2D eigenvalue weighted by Crippen LogP contribution is 2.31. The molecule has 1 atom stereocenters. The molecule has 4 nitrogen and oxygen atoms in total. The molecule has 1 N–H and O–H groups in total. The summed E-state index contributed by atoms with van der Waals surface area (Å²) in [5, 5.41) is 15.1. The molecule has 0 aliphatic rings. The Morgan fingerprint density at radius 2 is 2.26 bits per heavy atom. The largest absolute Gasteiger partial charge is 0.387 e. The van der Waals surface area contributed by atoms with Crippen LogP contribution in [0.3, 0.4) is 0 Å². The summed E-state index contributed by atoms with van der Waals surface area (Å²) in [4.78, 5) is 4.89. The Morgan fingerprint density at radius 1 is 1.42 bits per heavy atom. The van der Waals surface area contributed by atoms with Crippen LogP contribution >= 0.6 is 11.3 Å². The van der Waals surface area contributed by atoms with E-state index in [1.54, 1.807) is 17.8 Å². The summed E-state index contributed by atoms with van der Waals surface area (Å²) in [6, 6.07) is 6.52. The van der Waals surface area contributed by atoms with Gasteiger partial charge < -0.3 is 5.11 Å². The SMILES string of the molecule is Cn1ncnc1CC(O)c1cc2ccc(F)cc2s1. The van der Waals surface area contributed by atoms with E-state index in [-0.39, 0.29) is 5.82 Å². The van der Waals surface area contributed by atoms with E-state index in [1.807, 2.05) is 6.07 Å². The van der Waals surface area contributed by atoms with Gasteiger partial charge >= 0.3 is 0 Å². The predicted molar refractivity (Wildman–Crippen MR) is 71.4 cm³/mol. The molecule has 3 aromatic rings. The van der Waals surface area contributed by atoms with E-state index in [2.05, 4.69) is 10.1 Å². The minimum absolute atomic E-state index is 0.260. The van der Waals surface area contributed by atoms with Gasteiger partial charge in [0.1, 0.15) is 18.0 Å². The van der Waals surface area contributed by atoms with Gasteiger partial charge in [-0.15, -0.1) is 11.3 Å². The van der Waals surface area contributed by atoms with Gasteiger partial charge in [0.25, 0.3) is 0 Å². The van der Waals surface area contributed by atoms with Crippen LogP contribution in [-0.2, 0) is 13.5 Å². The van der Waals surface area contributed by atoms with Crippen LogP contribution in [0.1, 0.15) is 16.8 Å². The molecular formula is C13H12FN3OS. The van der Waals surface area contributed by atoms with Crippen LogP contribution in [0, 0.1) is 5.82 Å². The lowest BCUT2D eigenvalue weighted by Crippen LogP contribution is -2.06. The van der Waals surface area contributed by atoms with Gasteiger partial charge in [0.2, 0.25) is 0 Å². The summed E-state index contributed by atoms with van der Waals surface area (Å²) in [7, 11) is 1.79. The van der Waals surface area contributed by atoms with Gasteiger partial charge in [-0.2, -0.15) is 5.10 Å². The molecule has 98 valence electrons. The maximum absolute atomic E-state index is 13.1. The topological polar surface area (TPSA) is 50.9 Å². The van der Waals surface area contributed by atoms with Gasteiger partial charge in [-0.25, -0.2) is 9.37 Å². The lowest BCUT2D eigenvalue weighted by molar-refractivity contribution is 0.178. The molecule has 0 radical (unpaired) electrons. The van der Waals surface area contributed by atoms with E-state index < -0.39 is 6.10 Å². The van der Waals surface area contributed by atoms with Crippen molar-refractivity contribution >= 4 is 21.4 Å². The Morgan fingerprint density at radius 3 is 3.00 bits per heavy atom. The van der Waals surface area contributed by atoms with E-state index in [9.17, 15) is 9.50 Å². The van der Waals surface area contributed by atoms with Crippen LogP contribution in [-0.4, -0.2) is 19.9 Å². The first kappa shape index (κ1) is 12.3. The fourth-order valence-electron chi connectivity index (χ4n) is 1.97. The summed E-state index contributed by atoms with van der Waals surface area (Å²) in [6.45, 7) is 0. The molecule has 1 aromatic carbocycles. The second-order valence-corrected chi connectivity index (χ2v) is 5.47. The normalized spacial score (nSPS) is 13.0. The average Bonchev–Trinajstić information content (AvgIpc) is 2.96.